The Morgan fingerprint density at radius 1 is 0.565 bits per heavy atom. The van der Waals surface area contributed by atoms with Crippen LogP contribution in [0.25, 0.3) is 0 Å². The molecule has 1 aliphatic heterocycles. The lowest BCUT2D eigenvalue weighted by Gasteiger charge is -2.24. The first-order valence-electron chi connectivity index (χ1n) is 7.70. The smallest absolute Gasteiger partial charge is 0.202 e. The largest absolute Gasteiger partial charge is 0.252 e. The zero-order valence-electron chi connectivity index (χ0n) is 12.6. The van der Waals surface area contributed by atoms with Crippen molar-refractivity contribution in [2.24, 2.45) is 9.98 Å². The quantitative estimate of drug-likeness (QED) is 0.681. The normalized spacial score (nSPS) is 15.4. The maximum absolute atomic E-state index is 5.02. The molecule has 0 bridgehead atoms. The molecule has 0 saturated heterocycles. The molecule has 0 fully saturated rings. The minimum atomic E-state index is -0.687. The minimum absolute atomic E-state index is 0.687. The summed E-state index contributed by atoms with van der Waals surface area (Å²) in [5, 5.41) is 0. The summed E-state index contributed by atoms with van der Waals surface area (Å²) in [6.45, 7) is 0. The van der Waals surface area contributed by atoms with Crippen LogP contribution >= 0.6 is 0 Å². The Hall–Kier alpha value is -3.00. The molecular formula is C21H16N2. The van der Waals surface area contributed by atoms with Gasteiger partial charge < -0.3 is 0 Å². The molecule has 4 rings (SSSR count). The van der Waals surface area contributed by atoms with E-state index in [1.165, 1.54) is 0 Å². The number of nitrogens with zero attached hydrogens (tertiary/aromatic N) is 2. The van der Waals surface area contributed by atoms with Crippen molar-refractivity contribution in [2.45, 2.75) is 5.66 Å². The number of aliphatic imine (C=N–C) groups is 2. The molecule has 0 unspecified atom stereocenters. The molecule has 0 aromatic heterocycles. The molecule has 3 aromatic rings. The van der Waals surface area contributed by atoms with Gasteiger partial charge in [0, 0.05) is 16.7 Å². The summed E-state index contributed by atoms with van der Waals surface area (Å²) in [5.74, 6) is 0. The van der Waals surface area contributed by atoms with Crippen LogP contribution in [0, 0.1) is 0 Å². The van der Waals surface area contributed by atoms with Gasteiger partial charge in [0.15, 0.2) is 0 Å². The standard InChI is InChI=1S/C21H16N2/c1-4-10-17(11-5-1)20-16-22-21(23-20,18-12-6-2-7-13-18)19-14-8-3-9-15-19/h1-16H. The van der Waals surface area contributed by atoms with Gasteiger partial charge in [-0.2, -0.15) is 0 Å². The van der Waals surface area contributed by atoms with Gasteiger partial charge in [-0.25, -0.2) is 4.99 Å². The highest BCUT2D eigenvalue weighted by molar-refractivity contribution is 6.39. The number of benzene rings is 3. The van der Waals surface area contributed by atoms with Crippen LogP contribution in [0.1, 0.15) is 16.7 Å². The van der Waals surface area contributed by atoms with E-state index >= 15 is 0 Å². The average Bonchev–Trinajstić information content (AvgIpc) is 3.11. The second-order valence-corrected chi connectivity index (χ2v) is 5.53. The maximum atomic E-state index is 5.02. The third-order valence-electron chi connectivity index (χ3n) is 4.08. The summed E-state index contributed by atoms with van der Waals surface area (Å²) in [4.78, 5) is 9.86. The van der Waals surface area contributed by atoms with E-state index in [2.05, 4.69) is 36.4 Å². The highest BCUT2D eigenvalue weighted by atomic mass is 15.1. The lowest BCUT2D eigenvalue weighted by atomic mass is 9.92. The third kappa shape index (κ3) is 2.38. The Labute approximate surface area is 135 Å². The third-order valence-corrected chi connectivity index (χ3v) is 4.08. The molecule has 2 heteroatoms. The van der Waals surface area contributed by atoms with E-state index in [4.69, 9.17) is 9.98 Å². The molecule has 0 spiro atoms. The highest BCUT2D eigenvalue weighted by Crippen LogP contribution is 2.38. The zero-order valence-corrected chi connectivity index (χ0v) is 12.6. The molecule has 1 aliphatic rings. The van der Waals surface area contributed by atoms with Crippen molar-refractivity contribution in [3.05, 3.63) is 108 Å². The molecule has 1 heterocycles. The zero-order chi connectivity index (χ0) is 15.5. The predicted octanol–water partition coefficient (Wildman–Crippen LogP) is 4.46. The average molecular weight is 296 g/mol. The van der Waals surface area contributed by atoms with Crippen molar-refractivity contribution < 1.29 is 0 Å². The molecule has 23 heavy (non-hydrogen) atoms. The first kappa shape index (κ1) is 13.6. The fourth-order valence-corrected chi connectivity index (χ4v) is 2.92. The van der Waals surface area contributed by atoms with Crippen LogP contribution in [0.4, 0.5) is 0 Å². The summed E-state index contributed by atoms with van der Waals surface area (Å²) in [7, 11) is 0. The molecular weight excluding hydrogens is 280 g/mol. The van der Waals surface area contributed by atoms with Crippen LogP contribution in [-0.4, -0.2) is 11.9 Å². The van der Waals surface area contributed by atoms with Gasteiger partial charge in [0.1, 0.15) is 0 Å². The van der Waals surface area contributed by atoms with Crippen LogP contribution in [-0.2, 0) is 5.66 Å². The van der Waals surface area contributed by atoms with E-state index in [9.17, 15) is 0 Å². The van der Waals surface area contributed by atoms with Gasteiger partial charge >= 0.3 is 0 Å². The summed E-state index contributed by atoms with van der Waals surface area (Å²) >= 11 is 0. The van der Waals surface area contributed by atoms with Crippen LogP contribution in [0.3, 0.4) is 0 Å². The fourth-order valence-electron chi connectivity index (χ4n) is 2.92. The molecule has 0 N–H and O–H groups in total. The second-order valence-electron chi connectivity index (χ2n) is 5.53. The molecule has 0 amide bonds. The van der Waals surface area contributed by atoms with Crippen LogP contribution < -0.4 is 0 Å². The molecule has 3 aromatic carbocycles. The Morgan fingerprint density at radius 2 is 1.04 bits per heavy atom. The SMILES string of the molecule is C1=NC(c2ccccc2)(c2ccccc2)N=C1c1ccccc1. The summed E-state index contributed by atoms with van der Waals surface area (Å²) in [5.41, 5.74) is 3.47. The van der Waals surface area contributed by atoms with E-state index in [0.717, 1.165) is 22.4 Å². The van der Waals surface area contributed by atoms with Crippen molar-refractivity contribution in [3.8, 4) is 0 Å². The molecule has 0 radical (unpaired) electrons. The van der Waals surface area contributed by atoms with Gasteiger partial charge in [-0.1, -0.05) is 91.0 Å². The van der Waals surface area contributed by atoms with Crippen LogP contribution in [0.5, 0.6) is 0 Å². The van der Waals surface area contributed by atoms with E-state index in [0.29, 0.717) is 0 Å². The van der Waals surface area contributed by atoms with Crippen molar-refractivity contribution in [1.82, 2.24) is 0 Å². The van der Waals surface area contributed by atoms with E-state index in [1.807, 2.05) is 60.8 Å². The van der Waals surface area contributed by atoms with Crippen molar-refractivity contribution in [2.75, 3.05) is 0 Å². The number of hydrogen-bond donors (Lipinski definition) is 0. The van der Waals surface area contributed by atoms with Crippen molar-refractivity contribution in [3.63, 3.8) is 0 Å². The second kappa shape index (κ2) is 5.65. The first-order valence-corrected chi connectivity index (χ1v) is 7.70. The first-order chi connectivity index (χ1) is 11.4. The summed E-state index contributed by atoms with van der Waals surface area (Å²) in [6, 6.07) is 30.7. The van der Waals surface area contributed by atoms with Crippen LogP contribution in [0.15, 0.2) is 101 Å². The van der Waals surface area contributed by atoms with E-state index in [-0.39, 0.29) is 0 Å². The Bertz CT molecular complexity index is 811. The minimum Gasteiger partial charge on any atom is -0.252 e. The molecule has 110 valence electrons. The fraction of sp³-hybridized carbons (Fsp3) is 0.0476. The van der Waals surface area contributed by atoms with Gasteiger partial charge in [0.2, 0.25) is 5.66 Å². The van der Waals surface area contributed by atoms with Gasteiger partial charge in [-0.3, -0.25) is 4.99 Å². The topological polar surface area (TPSA) is 24.7 Å². The molecule has 2 nitrogen and oxygen atoms in total. The molecule has 0 aliphatic carbocycles. The monoisotopic (exact) mass is 296 g/mol. The van der Waals surface area contributed by atoms with Gasteiger partial charge in [0.25, 0.3) is 0 Å². The Balaban J connectivity index is 1.90. The van der Waals surface area contributed by atoms with Crippen molar-refractivity contribution in [1.29, 1.82) is 0 Å². The maximum Gasteiger partial charge on any atom is 0.202 e. The lowest BCUT2D eigenvalue weighted by Crippen LogP contribution is -2.21. The summed E-state index contributed by atoms with van der Waals surface area (Å²) < 4.78 is 0. The van der Waals surface area contributed by atoms with E-state index < -0.39 is 5.66 Å². The van der Waals surface area contributed by atoms with Crippen LogP contribution in [0.2, 0.25) is 0 Å². The highest BCUT2D eigenvalue weighted by Gasteiger charge is 2.36. The van der Waals surface area contributed by atoms with Gasteiger partial charge in [-0.05, 0) is 0 Å². The van der Waals surface area contributed by atoms with E-state index in [1.54, 1.807) is 0 Å². The molecule has 0 saturated carbocycles. The van der Waals surface area contributed by atoms with Gasteiger partial charge in [-0.15, -0.1) is 0 Å². The summed E-state index contributed by atoms with van der Waals surface area (Å²) in [6.07, 6.45) is 1.88. The van der Waals surface area contributed by atoms with Gasteiger partial charge in [0.05, 0.1) is 11.9 Å². The number of rotatable bonds is 3. The number of hydrogen-bond acceptors (Lipinski definition) is 2. The molecule has 0 atom stereocenters. The Kier molecular flexibility index (Phi) is 3.35. The predicted molar refractivity (Wildman–Crippen MR) is 95.1 cm³/mol. The Morgan fingerprint density at radius 3 is 1.57 bits per heavy atom. The lowest BCUT2D eigenvalue weighted by molar-refractivity contribution is 0.590. The van der Waals surface area contributed by atoms with Crippen molar-refractivity contribution >= 4 is 11.9 Å².